The summed E-state index contributed by atoms with van der Waals surface area (Å²) in [5, 5.41) is 20.4. The summed E-state index contributed by atoms with van der Waals surface area (Å²) in [5.41, 5.74) is 1.85. The van der Waals surface area contributed by atoms with E-state index in [-0.39, 0.29) is 5.92 Å². The summed E-state index contributed by atoms with van der Waals surface area (Å²) in [5.74, 6) is 0.235. The molecule has 0 amide bonds. The molecule has 1 N–H and O–H groups in total. The van der Waals surface area contributed by atoms with Crippen molar-refractivity contribution in [3.8, 4) is 6.07 Å². The van der Waals surface area contributed by atoms with Crippen LogP contribution < -0.4 is 0 Å². The monoisotopic (exact) mass is 253 g/mol. The van der Waals surface area contributed by atoms with E-state index in [9.17, 15) is 10.4 Å². The summed E-state index contributed by atoms with van der Waals surface area (Å²) in [4.78, 5) is 0. The summed E-state index contributed by atoms with van der Waals surface area (Å²) in [6.07, 6.45) is 8.11. The number of rotatable bonds is 2. The van der Waals surface area contributed by atoms with Crippen LogP contribution >= 0.6 is 0 Å². The van der Waals surface area contributed by atoms with Gasteiger partial charge in [-0.2, -0.15) is 5.26 Å². The third kappa shape index (κ3) is 2.09. The Bertz CT molecular complexity index is 515. The molecule has 1 aromatic rings. The number of hydrogen-bond donors (Lipinski definition) is 1. The van der Waals surface area contributed by atoms with Crippen LogP contribution in [-0.4, -0.2) is 11.2 Å². The Balaban J connectivity index is 1.86. The standard InChI is InChI=1S/C17H19NO/c18-12-17(16(19)13-6-2-1-3-7-13)10-14-8-4-5-9-15(14)11-17/h1-2,4-5,8-9,13,16,19H,3,6-7,10-11H2. The molecular weight excluding hydrogens is 234 g/mol. The molecular formula is C17H19NO. The Morgan fingerprint density at radius 2 is 1.89 bits per heavy atom. The van der Waals surface area contributed by atoms with Gasteiger partial charge >= 0.3 is 0 Å². The summed E-state index contributed by atoms with van der Waals surface area (Å²) in [6, 6.07) is 10.6. The van der Waals surface area contributed by atoms with Gasteiger partial charge in [0, 0.05) is 0 Å². The first-order valence-corrected chi connectivity index (χ1v) is 7.06. The largest absolute Gasteiger partial charge is 0.391 e. The number of fused-ring (bicyclic) bond motifs is 1. The Kier molecular flexibility index (Phi) is 3.16. The molecule has 2 nitrogen and oxygen atoms in total. The molecule has 2 aliphatic rings. The quantitative estimate of drug-likeness (QED) is 0.823. The zero-order chi connectivity index (χ0) is 13.3. The maximum absolute atomic E-state index is 10.7. The molecule has 0 saturated heterocycles. The zero-order valence-electron chi connectivity index (χ0n) is 11.0. The molecule has 0 aromatic heterocycles. The van der Waals surface area contributed by atoms with Gasteiger partial charge in [0.15, 0.2) is 0 Å². The number of allylic oxidation sites excluding steroid dienone is 2. The van der Waals surface area contributed by atoms with E-state index < -0.39 is 11.5 Å². The van der Waals surface area contributed by atoms with Gasteiger partial charge in [-0.05, 0) is 49.1 Å². The minimum Gasteiger partial charge on any atom is -0.391 e. The van der Waals surface area contributed by atoms with Crippen LogP contribution in [-0.2, 0) is 12.8 Å². The van der Waals surface area contributed by atoms with Gasteiger partial charge < -0.3 is 5.11 Å². The highest BCUT2D eigenvalue weighted by molar-refractivity contribution is 5.38. The van der Waals surface area contributed by atoms with E-state index in [1.807, 2.05) is 12.1 Å². The highest BCUT2D eigenvalue weighted by Crippen LogP contribution is 2.43. The van der Waals surface area contributed by atoms with Crippen LogP contribution in [0.15, 0.2) is 36.4 Å². The fourth-order valence-electron chi connectivity index (χ4n) is 3.55. The molecule has 2 aliphatic carbocycles. The molecule has 2 heteroatoms. The van der Waals surface area contributed by atoms with Crippen LogP contribution in [0.1, 0.15) is 30.4 Å². The lowest BCUT2D eigenvalue weighted by Crippen LogP contribution is -2.40. The molecule has 0 heterocycles. The van der Waals surface area contributed by atoms with Gasteiger partial charge in [0.1, 0.15) is 0 Å². The lowest BCUT2D eigenvalue weighted by Gasteiger charge is -2.34. The predicted molar refractivity (Wildman–Crippen MR) is 74.4 cm³/mol. The molecule has 0 aliphatic heterocycles. The van der Waals surface area contributed by atoms with E-state index >= 15 is 0 Å². The molecule has 0 fully saturated rings. The van der Waals surface area contributed by atoms with Gasteiger partial charge in [-0.1, -0.05) is 36.4 Å². The smallest absolute Gasteiger partial charge is 0.0915 e. The van der Waals surface area contributed by atoms with E-state index in [2.05, 4.69) is 30.4 Å². The Hall–Kier alpha value is -1.59. The molecule has 0 bridgehead atoms. The lowest BCUT2D eigenvalue weighted by molar-refractivity contribution is 0.0142. The number of aliphatic hydroxyl groups excluding tert-OH is 1. The second kappa shape index (κ2) is 4.83. The highest BCUT2D eigenvalue weighted by Gasteiger charge is 2.46. The third-order valence-corrected chi connectivity index (χ3v) is 4.68. The van der Waals surface area contributed by atoms with Crippen molar-refractivity contribution in [2.24, 2.45) is 11.3 Å². The van der Waals surface area contributed by atoms with Crippen molar-refractivity contribution in [2.45, 2.75) is 38.2 Å². The van der Waals surface area contributed by atoms with Gasteiger partial charge in [0.25, 0.3) is 0 Å². The predicted octanol–water partition coefficient (Wildman–Crippen LogP) is 3.01. The minimum atomic E-state index is -0.612. The molecule has 0 saturated carbocycles. The van der Waals surface area contributed by atoms with Gasteiger partial charge in [-0.3, -0.25) is 0 Å². The Morgan fingerprint density at radius 3 is 2.42 bits per heavy atom. The summed E-state index contributed by atoms with van der Waals surface area (Å²) in [7, 11) is 0. The second-order valence-electron chi connectivity index (χ2n) is 5.88. The fourth-order valence-corrected chi connectivity index (χ4v) is 3.55. The number of aliphatic hydroxyl groups is 1. The molecule has 3 rings (SSSR count). The van der Waals surface area contributed by atoms with E-state index in [0.717, 1.165) is 19.3 Å². The van der Waals surface area contributed by atoms with Gasteiger partial charge in [0.2, 0.25) is 0 Å². The second-order valence-corrected chi connectivity index (χ2v) is 5.88. The van der Waals surface area contributed by atoms with E-state index in [1.54, 1.807) is 0 Å². The Morgan fingerprint density at radius 1 is 1.21 bits per heavy atom. The maximum Gasteiger partial charge on any atom is 0.0915 e. The first-order chi connectivity index (χ1) is 9.25. The van der Waals surface area contributed by atoms with Gasteiger partial charge in [-0.25, -0.2) is 0 Å². The molecule has 2 unspecified atom stereocenters. The van der Waals surface area contributed by atoms with Crippen LogP contribution in [0, 0.1) is 22.7 Å². The molecule has 98 valence electrons. The average molecular weight is 253 g/mol. The first kappa shape index (κ1) is 12.4. The SMILES string of the molecule is N#CC1(C(O)C2CC=CCC2)Cc2ccccc2C1. The summed E-state index contributed by atoms with van der Waals surface area (Å²) in [6.45, 7) is 0. The summed E-state index contributed by atoms with van der Waals surface area (Å²) < 4.78 is 0. The number of nitriles is 1. The first-order valence-electron chi connectivity index (χ1n) is 7.06. The van der Waals surface area contributed by atoms with Crippen molar-refractivity contribution in [3.63, 3.8) is 0 Å². The Labute approximate surface area is 114 Å². The van der Waals surface area contributed by atoms with Crippen molar-refractivity contribution in [1.82, 2.24) is 0 Å². The highest BCUT2D eigenvalue weighted by atomic mass is 16.3. The van der Waals surface area contributed by atoms with Crippen LogP contribution in [0.5, 0.6) is 0 Å². The van der Waals surface area contributed by atoms with Crippen molar-refractivity contribution < 1.29 is 5.11 Å². The van der Waals surface area contributed by atoms with Gasteiger partial charge in [0.05, 0.1) is 17.6 Å². The zero-order valence-corrected chi connectivity index (χ0v) is 11.0. The van der Waals surface area contributed by atoms with Crippen LogP contribution in [0.4, 0.5) is 0 Å². The van der Waals surface area contributed by atoms with Crippen molar-refractivity contribution in [2.75, 3.05) is 0 Å². The normalized spacial score (nSPS) is 25.6. The summed E-state index contributed by atoms with van der Waals surface area (Å²) >= 11 is 0. The van der Waals surface area contributed by atoms with Gasteiger partial charge in [-0.15, -0.1) is 0 Å². The number of nitrogens with zero attached hydrogens (tertiary/aromatic N) is 1. The van der Waals surface area contributed by atoms with Crippen molar-refractivity contribution in [1.29, 1.82) is 5.26 Å². The topological polar surface area (TPSA) is 44.0 Å². The molecule has 0 radical (unpaired) electrons. The molecule has 19 heavy (non-hydrogen) atoms. The van der Waals surface area contributed by atoms with Crippen LogP contribution in [0.25, 0.3) is 0 Å². The lowest BCUT2D eigenvalue weighted by atomic mass is 9.72. The van der Waals surface area contributed by atoms with Crippen LogP contribution in [0.3, 0.4) is 0 Å². The van der Waals surface area contributed by atoms with Crippen LogP contribution in [0.2, 0.25) is 0 Å². The van der Waals surface area contributed by atoms with E-state index in [0.29, 0.717) is 12.8 Å². The van der Waals surface area contributed by atoms with Crippen molar-refractivity contribution >= 4 is 0 Å². The van der Waals surface area contributed by atoms with Crippen molar-refractivity contribution in [3.05, 3.63) is 47.5 Å². The number of benzene rings is 1. The molecule has 0 spiro atoms. The molecule has 2 atom stereocenters. The number of hydrogen-bond acceptors (Lipinski definition) is 2. The maximum atomic E-state index is 10.7. The third-order valence-electron chi connectivity index (χ3n) is 4.68. The average Bonchev–Trinajstić information content (AvgIpc) is 2.87. The molecule has 1 aromatic carbocycles. The van der Waals surface area contributed by atoms with E-state index in [1.165, 1.54) is 11.1 Å². The van der Waals surface area contributed by atoms with E-state index in [4.69, 9.17) is 0 Å². The minimum absolute atomic E-state index is 0.235. The fraction of sp³-hybridized carbons (Fsp3) is 0.471.